The molecule has 1 aliphatic heterocycles. The first kappa shape index (κ1) is 15.8. The van der Waals surface area contributed by atoms with E-state index in [0.29, 0.717) is 25.9 Å². The van der Waals surface area contributed by atoms with Gasteiger partial charge in [0.25, 0.3) is 0 Å². The number of carbonyl (C=O) groups excluding carboxylic acids is 2. The second-order valence-corrected chi connectivity index (χ2v) is 4.60. The molecule has 110 valence electrons. The van der Waals surface area contributed by atoms with E-state index in [9.17, 15) is 22.8 Å². The van der Waals surface area contributed by atoms with Crippen molar-refractivity contribution in [2.24, 2.45) is 5.92 Å². The maximum Gasteiger partial charge on any atom is 0.471 e. The molecule has 1 rings (SSSR count). The average molecular weight is 280 g/mol. The molecule has 0 aliphatic carbocycles. The minimum absolute atomic E-state index is 0.0698. The van der Waals surface area contributed by atoms with Crippen LogP contribution < -0.4 is 0 Å². The zero-order valence-electron chi connectivity index (χ0n) is 11.2. The molecule has 0 spiro atoms. The van der Waals surface area contributed by atoms with Gasteiger partial charge in [0, 0.05) is 26.2 Å². The summed E-state index contributed by atoms with van der Waals surface area (Å²) in [5.74, 6) is -2.52. The highest BCUT2D eigenvalue weighted by Crippen LogP contribution is 2.24. The lowest BCUT2D eigenvalue weighted by molar-refractivity contribution is -0.187. The third-order valence-electron chi connectivity index (χ3n) is 3.38. The first-order valence-corrected chi connectivity index (χ1v) is 6.46. The summed E-state index contributed by atoms with van der Waals surface area (Å²) in [7, 11) is 0. The molecule has 1 fully saturated rings. The van der Waals surface area contributed by atoms with Crippen LogP contribution in [0, 0.1) is 5.92 Å². The summed E-state index contributed by atoms with van der Waals surface area (Å²) in [6.45, 7) is 4.64. The van der Waals surface area contributed by atoms with Crippen LogP contribution in [0.15, 0.2) is 0 Å². The minimum Gasteiger partial charge on any atom is -0.343 e. The van der Waals surface area contributed by atoms with Crippen LogP contribution in [0.2, 0.25) is 0 Å². The number of hydrogen-bond acceptors (Lipinski definition) is 2. The molecule has 0 N–H and O–H groups in total. The Kier molecular flexibility index (Phi) is 5.20. The fourth-order valence-corrected chi connectivity index (χ4v) is 2.34. The fraction of sp³-hybridized carbons (Fsp3) is 0.833. The van der Waals surface area contributed by atoms with Crippen molar-refractivity contribution in [1.82, 2.24) is 9.80 Å². The molecular formula is C12H19F3N2O2. The molecule has 2 amide bonds. The standard InChI is InChI=1S/C12H19F3N2O2/c1-3-16(4-2)10(18)9-6-5-7-17(8-9)11(19)12(13,14)15/h9H,3-8H2,1-2H3. The highest BCUT2D eigenvalue weighted by atomic mass is 19.4. The number of piperidine rings is 1. The van der Waals surface area contributed by atoms with Crippen molar-refractivity contribution >= 4 is 11.8 Å². The van der Waals surface area contributed by atoms with Gasteiger partial charge in [-0.1, -0.05) is 0 Å². The van der Waals surface area contributed by atoms with Gasteiger partial charge in [-0.2, -0.15) is 13.2 Å². The lowest BCUT2D eigenvalue weighted by Crippen LogP contribution is -2.50. The van der Waals surface area contributed by atoms with E-state index in [1.54, 1.807) is 4.90 Å². The number of amides is 2. The van der Waals surface area contributed by atoms with Crippen molar-refractivity contribution < 1.29 is 22.8 Å². The van der Waals surface area contributed by atoms with E-state index in [-0.39, 0.29) is 19.0 Å². The van der Waals surface area contributed by atoms with Crippen LogP contribution in [0.25, 0.3) is 0 Å². The molecule has 7 heteroatoms. The average Bonchev–Trinajstić information content (AvgIpc) is 2.38. The van der Waals surface area contributed by atoms with Crippen molar-refractivity contribution in [3.63, 3.8) is 0 Å². The number of rotatable bonds is 3. The molecule has 1 heterocycles. The molecule has 0 radical (unpaired) electrons. The molecule has 0 saturated carbocycles. The molecule has 19 heavy (non-hydrogen) atoms. The maximum absolute atomic E-state index is 12.4. The quantitative estimate of drug-likeness (QED) is 0.789. The SMILES string of the molecule is CCN(CC)C(=O)C1CCCN(C(=O)C(F)(F)F)C1. The predicted molar refractivity (Wildman–Crippen MR) is 63.3 cm³/mol. The number of likely N-dealkylation sites (tertiary alicyclic amines) is 1. The fourth-order valence-electron chi connectivity index (χ4n) is 2.34. The highest BCUT2D eigenvalue weighted by molar-refractivity contribution is 5.84. The number of carbonyl (C=O) groups is 2. The third-order valence-corrected chi connectivity index (χ3v) is 3.38. The van der Waals surface area contributed by atoms with Crippen LogP contribution in [0.3, 0.4) is 0 Å². The molecule has 0 aromatic heterocycles. The molecule has 1 aliphatic rings. The van der Waals surface area contributed by atoms with Gasteiger partial charge < -0.3 is 9.80 Å². The Labute approximate surface area is 110 Å². The largest absolute Gasteiger partial charge is 0.471 e. The smallest absolute Gasteiger partial charge is 0.343 e. The van der Waals surface area contributed by atoms with Gasteiger partial charge in [0.05, 0.1) is 5.92 Å². The lowest BCUT2D eigenvalue weighted by atomic mass is 9.96. The van der Waals surface area contributed by atoms with E-state index in [0.717, 1.165) is 4.90 Å². The van der Waals surface area contributed by atoms with Gasteiger partial charge in [0.15, 0.2) is 0 Å². The van der Waals surface area contributed by atoms with Crippen molar-refractivity contribution in [2.45, 2.75) is 32.9 Å². The van der Waals surface area contributed by atoms with E-state index >= 15 is 0 Å². The molecule has 0 bridgehead atoms. The number of hydrogen-bond donors (Lipinski definition) is 0. The maximum atomic E-state index is 12.4. The second kappa shape index (κ2) is 6.25. The number of alkyl halides is 3. The predicted octanol–water partition coefficient (Wildman–Crippen LogP) is 1.66. The van der Waals surface area contributed by atoms with Crippen LogP contribution in [0.5, 0.6) is 0 Å². The first-order chi connectivity index (χ1) is 8.81. The topological polar surface area (TPSA) is 40.6 Å². The van der Waals surface area contributed by atoms with E-state index in [1.165, 1.54) is 0 Å². The normalized spacial score (nSPS) is 20.3. The summed E-state index contributed by atoms with van der Waals surface area (Å²) >= 11 is 0. The van der Waals surface area contributed by atoms with Crippen molar-refractivity contribution in [1.29, 1.82) is 0 Å². The molecule has 0 aromatic carbocycles. The Morgan fingerprint density at radius 1 is 1.26 bits per heavy atom. The third kappa shape index (κ3) is 3.84. The van der Waals surface area contributed by atoms with Gasteiger partial charge in [-0.25, -0.2) is 0 Å². The van der Waals surface area contributed by atoms with Crippen molar-refractivity contribution in [2.75, 3.05) is 26.2 Å². The summed E-state index contributed by atoms with van der Waals surface area (Å²) in [6, 6.07) is 0. The summed E-state index contributed by atoms with van der Waals surface area (Å²) in [5.41, 5.74) is 0. The van der Waals surface area contributed by atoms with Crippen molar-refractivity contribution in [3.8, 4) is 0 Å². The van der Waals surface area contributed by atoms with Crippen LogP contribution in [-0.2, 0) is 9.59 Å². The molecule has 1 saturated heterocycles. The van der Waals surface area contributed by atoms with E-state index < -0.39 is 18.0 Å². The minimum atomic E-state index is -4.86. The Morgan fingerprint density at radius 3 is 2.32 bits per heavy atom. The Bertz CT molecular complexity index is 340. The van der Waals surface area contributed by atoms with Crippen LogP contribution >= 0.6 is 0 Å². The van der Waals surface area contributed by atoms with Gasteiger partial charge in [-0.15, -0.1) is 0 Å². The monoisotopic (exact) mass is 280 g/mol. The highest BCUT2D eigenvalue weighted by Gasteiger charge is 2.44. The second-order valence-electron chi connectivity index (χ2n) is 4.60. The van der Waals surface area contributed by atoms with Gasteiger partial charge in [0.1, 0.15) is 0 Å². The molecule has 0 aromatic rings. The summed E-state index contributed by atoms with van der Waals surface area (Å²) < 4.78 is 37.1. The van der Waals surface area contributed by atoms with Gasteiger partial charge in [0.2, 0.25) is 5.91 Å². The van der Waals surface area contributed by atoms with Crippen LogP contribution in [0.4, 0.5) is 13.2 Å². The van der Waals surface area contributed by atoms with Crippen LogP contribution in [-0.4, -0.2) is 54.0 Å². The summed E-state index contributed by atoms with van der Waals surface area (Å²) in [6.07, 6.45) is -3.89. The summed E-state index contributed by atoms with van der Waals surface area (Å²) in [5, 5.41) is 0. The Hall–Kier alpha value is -1.27. The van der Waals surface area contributed by atoms with Gasteiger partial charge >= 0.3 is 12.1 Å². The number of halogens is 3. The van der Waals surface area contributed by atoms with Crippen LogP contribution in [0.1, 0.15) is 26.7 Å². The molecule has 4 nitrogen and oxygen atoms in total. The Balaban J connectivity index is 2.69. The van der Waals surface area contributed by atoms with E-state index in [4.69, 9.17) is 0 Å². The molecular weight excluding hydrogens is 261 g/mol. The lowest BCUT2D eigenvalue weighted by Gasteiger charge is -2.34. The van der Waals surface area contributed by atoms with Gasteiger partial charge in [-0.3, -0.25) is 9.59 Å². The zero-order valence-corrected chi connectivity index (χ0v) is 11.2. The molecule has 1 unspecified atom stereocenters. The van der Waals surface area contributed by atoms with E-state index in [2.05, 4.69) is 0 Å². The molecule has 1 atom stereocenters. The first-order valence-electron chi connectivity index (χ1n) is 6.46. The van der Waals surface area contributed by atoms with Crippen molar-refractivity contribution in [3.05, 3.63) is 0 Å². The summed E-state index contributed by atoms with van der Waals surface area (Å²) in [4.78, 5) is 25.6. The van der Waals surface area contributed by atoms with E-state index in [1.807, 2.05) is 13.8 Å². The van der Waals surface area contributed by atoms with Gasteiger partial charge in [-0.05, 0) is 26.7 Å². The zero-order chi connectivity index (χ0) is 14.6. The number of nitrogens with zero attached hydrogens (tertiary/aromatic N) is 2. The Morgan fingerprint density at radius 2 is 1.84 bits per heavy atom.